The van der Waals surface area contributed by atoms with E-state index in [1.54, 1.807) is 13.2 Å². The minimum Gasteiger partial charge on any atom is -0.356 e. The van der Waals surface area contributed by atoms with Gasteiger partial charge in [-0.2, -0.15) is 4.98 Å². The summed E-state index contributed by atoms with van der Waals surface area (Å²) in [5, 5.41) is 10.9. The maximum absolute atomic E-state index is 5.30. The lowest BCUT2D eigenvalue weighted by Crippen LogP contribution is -2.49. The maximum Gasteiger partial charge on any atom is 0.276 e. The number of nitrogens with one attached hydrogen (secondary N) is 2. The van der Waals surface area contributed by atoms with Gasteiger partial charge in [-0.1, -0.05) is 17.3 Å². The predicted octanol–water partition coefficient (Wildman–Crippen LogP) is 2.83. The van der Waals surface area contributed by atoms with E-state index in [9.17, 15) is 0 Å². The number of hydrogen-bond donors (Lipinski definition) is 2. The van der Waals surface area contributed by atoms with Crippen molar-refractivity contribution >= 4 is 35.8 Å². The first-order chi connectivity index (χ1) is 15.2. The second-order valence-electron chi connectivity index (χ2n) is 7.52. The molecule has 0 saturated carbocycles. The van der Waals surface area contributed by atoms with Crippen molar-refractivity contribution in [1.82, 2.24) is 30.7 Å². The van der Waals surface area contributed by atoms with Crippen LogP contribution in [0.2, 0.25) is 0 Å². The fourth-order valence-electron chi connectivity index (χ4n) is 3.59. The van der Waals surface area contributed by atoms with Crippen molar-refractivity contribution in [2.24, 2.45) is 4.99 Å². The number of hydrogen-bond acceptors (Lipinski definition) is 7. The lowest BCUT2D eigenvalue weighted by Gasteiger charge is -2.34. The maximum atomic E-state index is 5.30. The van der Waals surface area contributed by atoms with Crippen LogP contribution in [-0.2, 0) is 6.42 Å². The van der Waals surface area contributed by atoms with Gasteiger partial charge in [-0.3, -0.25) is 9.98 Å². The molecule has 0 radical (unpaired) electrons. The minimum atomic E-state index is 0. The number of pyridine rings is 2. The van der Waals surface area contributed by atoms with Gasteiger partial charge in [0.15, 0.2) is 11.8 Å². The Morgan fingerprint density at radius 3 is 2.72 bits per heavy atom. The molecule has 0 aromatic carbocycles. The highest BCUT2D eigenvalue weighted by atomic mass is 127. The monoisotopic (exact) mass is 548 g/mol. The van der Waals surface area contributed by atoms with Gasteiger partial charge >= 0.3 is 0 Å². The Morgan fingerprint density at radius 2 is 2.00 bits per heavy atom. The van der Waals surface area contributed by atoms with Crippen LogP contribution in [-0.4, -0.2) is 58.8 Å². The summed E-state index contributed by atoms with van der Waals surface area (Å²) in [6.45, 7) is 4.64. The van der Waals surface area contributed by atoms with E-state index >= 15 is 0 Å². The van der Waals surface area contributed by atoms with E-state index in [2.05, 4.69) is 52.8 Å². The molecular formula is C22H29IN8O. The van der Waals surface area contributed by atoms with Crippen LogP contribution in [0.5, 0.6) is 0 Å². The van der Waals surface area contributed by atoms with Crippen molar-refractivity contribution in [1.29, 1.82) is 0 Å². The zero-order chi connectivity index (χ0) is 21.5. The van der Waals surface area contributed by atoms with Gasteiger partial charge in [0.25, 0.3) is 5.89 Å². The number of aliphatic imine (C=N–C) groups is 1. The number of aryl methyl sites for hydroxylation is 1. The van der Waals surface area contributed by atoms with Crippen LogP contribution >= 0.6 is 24.0 Å². The first-order valence-corrected chi connectivity index (χ1v) is 10.6. The Labute approximate surface area is 205 Å². The second kappa shape index (κ2) is 11.7. The number of guanidine groups is 1. The smallest absolute Gasteiger partial charge is 0.276 e. The predicted molar refractivity (Wildman–Crippen MR) is 135 cm³/mol. The lowest BCUT2D eigenvalue weighted by molar-refractivity contribution is 0.421. The van der Waals surface area contributed by atoms with E-state index in [0.29, 0.717) is 36.4 Å². The molecule has 1 aliphatic heterocycles. The van der Waals surface area contributed by atoms with Gasteiger partial charge in [-0.25, -0.2) is 4.98 Å². The first-order valence-electron chi connectivity index (χ1n) is 10.6. The SMILES string of the molecule is CN=C(NCCc1noc(-c2ccccn2)n1)NC1CCN(c2cccc(C)n2)CC1.I. The van der Waals surface area contributed by atoms with Crippen molar-refractivity contribution in [3.63, 3.8) is 0 Å². The van der Waals surface area contributed by atoms with Crippen molar-refractivity contribution < 1.29 is 4.52 Å². The van der Waals surface area contributed by atoms with Crippen LogP contribution in [0.4, 0.5) is 5.82 Å². The summed E-state index contributed by atoms with van der Waals surface area (Å²) in [5.41, 5.74) is 1.73. The third kappa shape index (κ3) is 6.38. The number of piperidine rings is 1. The van der Waals surface area contributed by atoms with Crippen molar-refractivity contribution in [3.05, 3.63) is 54.1 Å². The summed E-state index contributed by atoms with van der Waals surface area (Å²) in [6, 6.07) is 12.2. The molecule has 3 aromatic rings. The lowest BCUT2D eigenvalue weighted by atomic mass is 10.1. The van der Waals surface area contributed by atoms with E-state index in [1.165, 1.54) is 0 Å². The molecule has 0 aliphatic carbocycles. The molecule has 0 bridgehead atoms. The number of aromatic nitrogens is 4. The van der Waals surface area contributed by atoms with Crippen LogP contribution in [0.15, 0.2) is 52.1 Å². The third-order valence-corrected chi connectivity index (χ3v) is 5.25. The normalized spacial score (nSPS) is 14.7. The fraction of sp³-hybridized carbons (Fsp3) is 0.409. The summed E-state index contributed by atoms with van der Waals surface area (Å²) in [5.74, 6) is 2.93. The second-order valence-corrected chi connectivity index (χ2v) is 7.52. The van der Waals surface area contributed by atoms with Crippen molar-refractivity contribution in [2.75, 3.05) is 31.6 Å². The Morgan fingerprint density at radius 1 is 1.16 bits per heavy atom. The van der Waals surface area contributed by atoms with Gasteiger partial charge in [0.05, 0.1) is 0 Å². The zero-order valence-electron chi connectivity index (χ0n) is 18.4. The van der Waals surface area contributed by atoms with Gasteiger partial charge in [0.2, 0.25) is 0 Å². The molecule has 9 nitrogen and oxygen atoms in total. The van der Waals surface area contributed by atoms with Gasteiger partial charge < -0.3 is 20.1 Å². The number of rotatable bonds is 6. The van der Waals surface area contributed by atoms with Gasteiger partial charge in [-0.05, 0) is 44.0 Å². The van der Waals surface area contributed by atoms with Crippen LogP contribution in [0.1, 0.15) is 24.4 Å². The standard InChI is InChI=1S/C22H28N8O.HI/c1-16-6-5-8-20(26-16)30-14-10-17(11-15-30)27-22(23-2)25-13-9-19-28-21(31-29-19)18-7-3-4-12-24-18;/h3-8,12,17H,9-11,13-15H2,1-2H3,(H2,23,25,27);1H. The molecule has 4 heterocycles. The Bertz CT molecular complexity index is 1000. The average molecular weight is 548 g/mol. The van der Waals surface area contributed by atoms with Gasteiger partial charge in [0, 0.05) is 51.0 Å². The highest BCUT2D eigenvalue weighted by Gasteiger charge is 2.21. The average Bonchev–Trinajstić information content (AvgIpc) is 3.28. The highest BCUT2D eigenvalue weighted by Crippen LogP contribution is 2.18. The molecule has 3 aromatic heterocycles. The Balaban J connectivity index is 0.00000289. The van der Waals surface area contributed by atoms with Crippen LogP contribution in [0.25, 0.3) is 11.6 Å². The van der Waals surface area contributed by atoms with Crippen molar-refractivity contribution in [3.8, 4) is 11.6 Å². The summed E-state index contributed by atoms with van der Waals surface area (Å²) in [6.07, 6.45) is 4.41. The van der Waals surface area contributed by atoms with Gasteiger partial charge in [-0.15, -0.1) is 24.0 Å². The molecule has 32 heavy (non-hydrogen) atoms. The number of anilines is 1. The summed E-state index contributed by atoms with van der Waals surface area (Å²) in [7, 11) is 1.79. The molecule has 0 atom stereocenters. The molecular weight excluding hydrogens is 519 g/mol. The summed E-state index contributed by atoms with van der Waals surface area (Å²) in [4.78, 5) is 20.0. The van der Waals surface area contributed by atoms with Crippen LogP contribution in [0, 0.1) is 6.92 Å². The topological polar surface area (TPSA) is 104 Å². The molecule has 4 rings (SSSR count). The Kier molecular flexibility index (Phi) is 8.77. The first kappa shape index (κ1) is 23.9. The van der Waals surface area contributed by atoms with Gasteiger partial charge in [0.1, 0.15) is 11.5 Å². The van der Waals surface area contributed by atoms with Crippen LogP contribution in [0.3, 0.4) is 0 Å². The Hall–Kier alpha value is -2.76. The molecule has 0 spiro atoms. The zero-order valence-corrected chi connectivity index (χ0v) is 20.7. The quantitative estimate of drug-likeness (QED) is 0.276. The van der Waals surface area contributed by atoms with E-state index in [-0.39, 0.29) is 24.0 Å². The molecule has 0 amide bonds. The number of nitrogens with zero attached hydrogens (tertiary/aromatic N) is 6. The summed E-state index contributed by atoms with van der Waals surface area (Å²) < 4.78 is 5.30. The molecule has 10 heteroatoms. The molecule has 0 unspecified atom stereocenters. The molecule has 1 aliphatic rings. The molecule has 170 valence electrons. The summed E-state index contributed by atoms with van der Waals surface area (Å²) >= 11 is 0. The molecule has 1 saturated heterocycles. The highest BCUT2D eigenvalue weighted by molar-refractivity contribution is 14.0. The van der Waals surface area contributed by atoms with E-state index in [0.717, 1.165) is 43.4 Å². The fourth-order valence-corrected chi connectivity index (χ4v) is 3.59. The van der Waals surface area contributed by atoms with E-state index < -0.39 is 0 Å². The van der Waals surface area contributed by atoms with Crippen molar-refractivity contribution in [2.45, 2.75) is 32.2 Å². The van der Waals surface area contributed by atoms with E-state index in [1.807, 2.05) is 31.2 Å². The largest absolute Gasteiger partial charge is 0.356 e. The molecule has 2 N–H and O–H groups in total. The van der Waals surface area contributed by atoms with E-state index in [4.69, 9.17) is 4.52 Å². The minimum absolute atomic E-state index is 0. The third-order valence-electron chi connectivity index (χ3n) is 5.25. The van der Waals surface area contributed by atoms with Crippen LogP contribution < -0.4 is 15.5 Å². The molecule has 1 fully saturated rings. The number of halogens is 1.